The number of alkyl halides is 3. The van der Waals surface area contributed by atoms with Crippen molar-refractivity contribution in [1.82, 2.24) is 9.80 Å². The highest BCUT2D eigenvalue weighted by Gasteiger charge is 2.33. The lowest BCUT2D eigenvalue weighted by atomic mass is 10.2. The van der Waals surface area contributed by atoms with Crippen molar-refractivity contribution in [3.8, 4) is 6.07 Å². The van der Waals surface area contributed by atoms with Gasteiger partial charge < -0.3 is 10.6 Å². The van der Waals surface area contributed by atoms with Crippen LogP contribution in [-0.2, 0) is 15.8 Å². The van der Waals surface area contributed by atoms with E-state index in [1.54, 1.807) is 31.2 Å². The Balaban J connectivity index is 1.47. The first-order chi connectivity index (χ1) is 16.1. The average Bonchev–Trinajstić information content (AvgIpc) is 2.80. The fourth-order valence-corrected chi connectivity index (χ4v) is 3.80. The minimum absolute atomic E-state index is 0.0175. The first-order valence-corrected chi connectivity index (χ1v) is 10.9. The van der Waals surface area contributed by atoms with Gasteiger partial charge in [-0.05, 0) is 49.4 Å². The average molecular weight is 494 g/mol. The van der Waals surface area contributed by atoms with Crippen LogP contribution in [0, 0.1) is 11.3 Å². The molecule has 2 amide bonds. The van der Waals surface area contributed by atoms with E-state index in [2.05, 4.69) is 10.6 Å². The van der Waals surface area contributed by atoms with Gasteiger partial charge in [0.25, 0.3) is 0 Å². The summed E-state index contributed by atoms with van der Waals surface area (Å²) >= 11 is 5.61. The van der Waals surface area contributed by atoms with Gasteiger partial charge in [0.15, 0.2) is 0 Å². The predicted octanol–water partition coefficient (Wildman–Crippen LogP) is 3.81. The molecule has 1 fully saturated rings. The molecule has 2 aromatic rings. The molecule has 34 heavy (non-hydrogen) atoms. The van der Waals surface area contributed by atoms with Crippen molar-refractivity contribution in [3.05, 3.63) is 58.6 Å². The van der Waals surface area contributed by atoms with Gasteiger partial charge in [0.1, 0.15) is 0 Å². The fourth-order valence-electron chi connectivity index (χ4n) is 3.57. The molecular formula is C23H23ClF3N5O2. The van der Waals surface area contributed by atoms with Crippen LogP contribution in [0.2, 0.25) is 5.02 Å². The Kier molecular flexibility index (Phi) is 8.15. The maximum Gasteiger partial charge on any atom is 0.417 e. The molecule has 2 N–H and O–H groups in total. The van der Waals surface area contributed by atoms with Crippen LogP contribution in [0.25, 0.3) is 0 Å². The molecule has 0 aliphatic carbocycles. The van der Waals surface area contributed by atoms with E-state index in [4.69, 9.17) is 16.9 Å². The zero-order valence-electron chi connectivity index (χ0n) is 18.3. The molecule has 1 aliphatic rings. The third kappa shape index (κ3) is 6.70. The lowest BCUT2D eigenvalue weighted by molar-refractivity contribution is -0.137. The molecule has 1 atom stereocenters. The number of halogens is 4. The summed E-state index contributed by atoms with van der Waals surface area (Å²) in [6.45, 7) is 3.96. The highest BCUT2D eigenvalue weighted by Crippen LogP contribution is 2.36. The first kappa shape index (κ1) is 25.5. The third-order valence-electron chi connectivity index (χ3n) is 5.54. The topological polar surface area (TPSA) is 88.5 Å². The van der Waals surface area contributed by atoms with Crippen molar-refractivity contribution in [2.45, 2.75) is 19.1 Å². The van der Waals surface area contributed by atoms with Gasteiger partial charge in [0.05, 0.1) is 34.8 Å². The molecule has 3 rings (SSSR count). The summed E-state index contributed by atoms with van der Waals surface area (Å²) in [5.41, 5.74) is 0.118. The number of nitriles is 1. The quantitative estimate of drug-likeness (QED) is 0.639. The number of rotatable bonds is 6. The first-order valence-electron chi connectivity index (χ1n) is 10.5. The van der Waals surface area contributed by atoms with Gasteiger partial charge >= 0.3 is 6.18 Å². The second-order valence-corrected chi connectivity index (χ2v) is 8.31. The van der Waals surface area contributed by atoms with E-state index in [0.29, 0.717) is 37.4 Å². The summed E-state index contributed by atoms with van der Waals surface area (Å²) in [5.74, 6) is -0.616. The van der Waals surface area contributed by atoms with Crippen molar-refractivity contribution >= 4 is 34.8 Å². The van der Waals surface area contributed by atoms with Gasteiger partial charge in [-0.3, -0.25) is 19.4 Å². The number of piperazine rings is 1. The summed E-state index contributed by atoms with van der Waals surface area (Å²) in [6, 6.07) is 11.4. The fraction of sp³-hybridized carbons (Fsp3) is 0.348. The largest absolute Gasteiger partial charge is 0.417 e. The monoisotopic (exact) mass is 493 g/mol. The van der Waals surface area contributed by atoms with Gasteiger partial charge in [-0.15, -0.1) is 0 Å². The van der Waals surface area contributed by atoms with E-state index in [1.165, 1.54) is 6.07 Å². The third-order valence-corrected chi connectivity index (χ3v) is 5.87. The lowest BCUT2D eigenvalue weighted by Crippen LogP contribution is -2.53. The zero-order valence-corrected chi connectivity index (χ0v) is 19.1. The second kappa shape index (κ2) is 10.9. The van der Waals surface area contributed by atoms with Gasteiger partial charge in [-0.25, -0.2) is 0 Å². The van der Waals surface area contributed by atoms with Crippen molar-refractivity contribution in [1.29, 1.82) is 5.26 Å². The van der Waals surface area contributed by atoms with Crippen LogP contribution < -0.4 is 10.6 Å². The normalized spacial score (nSPS) is 15.9. The number of amides is 2. The standard InChI is InChI=1S/C23H23ClF3N5O2/c1-15(22(34)30-17-4-2-16(13-28)3-5-17)32-10-8-31(9-11-32)14-21(33)29-18-6-7-20(24)19(12-18)23(25,26)27/h2-7,12,15H,8-11,14H2,1H3,(H,29,33)(H,30,34). The maximum atomic E-state index is 13.0. The van der Waals surface area contributed by atoms with Crippen LogP contribution in [0.4, 0.5) is 24.5 Å². The number of hydrogen-bond donors (Lipinski definition) is 2. The number of carbonyl (C=O) groups excluding carboxylic acids is 2. The number of carbonyl (C=O) groups is 2. The van der Waals surface area contributed by atoms with Crippen LogP contribution in [0.5, 0.6) is 0 Å². The van der Waals surface area contributed by atoms with Gasteiger partial charge in [-0.1, -0.05) is 11.6 Å². The van der Waals surface area contributed by atoms with E-state index in [-0.39, 0.29) is 18.1 Å². The second-order valence-electron chi connectivity index (χ2n) is 7.91. The van der Waals surface area contributed by atoms with Crippen molar-refractivity contribution < 1.29 is 22.8 Å². The molecule has 0 spiro atoms. The molecule has 0 saturated carbocycles. The predicted molar refractivity (Wildman–Crippen MR) is 122 cm³/mol. The minimum atomic E-state index is -4.61. The van der Waals surface area contributed by atoms with E-state index >= 15 is 0 Å². The Morgan fingerprint density at radius 1 is 1.06 bits per heavy atom. The number of anilines is 2. The summed E-state index contributed by atoms with van der Waals surface area (Å²) in [6.07, 6.45) is -4.61. The Morgan fingerprint density at radius 3 is 2.26 bits per heavy atom. The lowest BCUT2D eigenvalue weighted by Gasteiger charge is -2.37. The van der Waals surface area contributed by atoms with Crippen LogP contribution in [0.1, 0.15) is 18.1 Å². The maximum absolute atomic E-state index is 13.0. The Labute approximate surface area is 200 Å². The van der Waals surface area contributed by atoms with Gasteiger partial charge in [-0.2, -0.15) is 18.4 Å². The smallest absolute Gasteiger partial charge is 0.325 e. The minimum Gasteiger partial charge on any atom is -0.325 e. The number of benzene rings is 2. The highest BCUT2D eigenvalue weighted by molar-refractivity contribution is 6.31. The summed E-state index contributed by atoms with van der Waals surface area (Å²) in [7, 11) is 0. The van der Waals surface area contributed by atoms with Crippen LogP contribution >= 0.6 is 11.6 Å². The number of nitrogens with zero attached hydrogens (tertiary/aromatic N) is 3. The molecular weight excluding hydrogens is 471 g/mol. The highest BCUT2D eigenvalue weighted by atomic mass is 35.5. The van der Waals surface area contributed by atoms with Gasteiger partial charge in [0, 0.05) is 37.6 Å². The van der Waals surface area contributed by atoms with E-state index in [1.807, 2.05) is 15.9 Å². The molecule has 0 aromatic heterocycles. The van der Waals surface area contributed by atoms with Crippen LogP contribution in [0.15, 0.2) is 42.5 Å². The molecule has 0 bridgehead atoms. The Hall–Kier alpha value is -3.13. The SMILES string of the molecule is CC(C(=O)Nc1ccc(C#N)cc1)N1CCN(CC(=O)Nc2ccc(Cl)c(C(F)(F)F)c2)CC1. The summed E-state index contributed by atoms with van der Waals surface area (Å²) < 4.78 is 39.0. The van der Waals surface area contributed by atoms with E-state index in [0.717, 1.165) is 12.1 Å². The molecule has 2 aromatic carbocycles. The number of hydrogen-bond acceptors (Lipinski definition) is 5. The molecule has 1 aliphatic heterocycles. The molecule has 0 radical (unpaired) electrons. The zero-order chi connectivity index (χ0) is 24.9. The van der Waals surface area contributed by atoms with E-state index < -0.39 is 28.7 Å². The summed E-state index contributed by atoms with van der Waals surface area (Å²) in [4.78, 5) is 28.8. The Bertz CT molecular complexity index is 1080. The van der Waals surface area contributed by atoms with Crippen molar-refractivity contribution in [2.75, 3.05) is 43.4 Å². The number of nitrogens with one attached hydrogen (secondary N) is 2. The van der Waals surface area contributed by atoms with Crippen molar-refractivity contribution in [3.63, 3.8) is 0 Å². The molecule has 7 nitrogen and oxygen atoms in total. The van der Waals surface area contributed by atoms with Crippen LogP contribution in [0.3, 0.4) is 0 Å². The van der Waals surface area contributed by atoms with E-state index in [9.17, 15) is 22.8 Å². The summed E-state index contributed by atoms with van der Waals surface area (Å²) in [5, 5.41) is 13.7. The molecule has 11 heteroatoms. The van der Waals surface area contributed by atoms with Crippen molar-refractivity contribution in [2.24, 2.45) is 0 Å². The molecule has 1 heterocycles. The molecule has 180 valence electrons. The molecule has 1 unspecified atom stereocenters. The Morgan fingerprint density at radius 2 is 1.68 bits per heavy atom. The molecule has 1 saturated heterocycles. The van der Waals surface area contributed by atoms with Gasteiger partial charge in [0.2, 0.25) is 11.8 Å². The van der Waals surface area contributed by atoms with Crippen LogP contribution in [-0.4, -0.2) is 60.4 Å².